The Hall–Kier alpha value is -2.53. The minimum atomic E-state index is -0.443. The number of para-hydroxylation sites is 1. The maximum Gasteiger partial charge on any atom is 0.223 e. The molecule has 0 saturated heterocycles. The molecule has 2 atom stereocenters. The molecular formula is C21H20ClFN2O2. The number of ether oxygens (including phenoxy) is 1. The molecule has 4 nitrogen and oxygen atoms in total. The van der Waals surface area contributed by atoms with Gasteiger partial charge in [0.2, 0.25) is 5.91 Å². The normalized spacial score (nSPS) is 18.5. The van der Waals surface area contributed by atoms with Crippen LogP contribution in [0.3, 0.4) is 0 Å². The molecule has 140 valence electrons. The Morgan fingerprint density at radius 3 is 3.00 bits per heavy atom. The van der Waals surface area contributed by atoms with E-state index in [1.807, 2.05) is 30.5 Å². The maximum absolute atomic E-state index is 13.5. The fourth-order valence-electron chi connectivity index (χ4n) is 3.63. The molecule has 0 bridgehead atoms. The Balaban J connectivity index is 1.35. The third kappa shape index (κ3) is 3.52. The Kier molecular flexibility index (Phi) is 4.79. The predicted molar refractivity (Wildman–Crippen MR) is 104 cm³/mol. The molecule has 4 rings (SSSR count). The molecule has 1 saturated carbocycles. The summed E-state index contributed by atoms with van der Waals surface area (Å²) in [7, 11) is 1.65. The van der Waals surface area contributed by atoms with Gasteiger partial charge in [-0.25, -0.2) is 4.39 Å². The number of aromatic nitrogens is 1. The van der Waals surface area contributed by atoms with Gasteiger partial charge in [-0.05, 0) is 48.1 Å². The van der Waals surface area contributed by atoms with Gasteiger partial charge in [-0.2, -0.15) is 0 Å². The molecule has 6 heteroatoms. The van der Waals surface area contributed by atoms with E-state index in [1.54, 1.807) is 13.2 Å². The minimum Gasteiger partial charge on any atom is -0.496 e. The van der Waals surface area contributed by atoms with Crippen LogP contribution in [-0.4, -0.2) is 24.5 Å². The van der Waals surface area contributed by atoms with E-state index in [0.29, 0.717) is 18.5 Å². The molecule has 1 amide bonds. The molecule has 2 aromatic carbocycles. The lowest BCUT2D eigenvalue weighted by atomic mass is 10.1. The van der Waals surface area contributed by atoms with Gasteiger partial charge in [-0.1, -0.05) is 29.8 Å². The van der Waals surface area contributed by atoms with Crippen LogP contribution in [0.4, 0.5) is 4.39 Å². The molecule has 0 radical (unpaired) electrons. The molecule has 27 heavy (non-hydrogen) atoms. The smallest absolute Gasteiger partial charge is 0.223 e. The summed E-state index contributed by atoms with van der Waals surface area (Å²) in [5.41, 5.74) is 2.80. The number of benzene rings is 2. The van der Waals surface area contributed by atoms with Gasteiger partial charge in [0.1, 0.15) is 11.6 Å². The Morgan fingerprint density at radius 2 is 2.19 bits per heavy atom. The Morgan fingerprint density at radius 1 is 1.37 bits per heavy atom. The number of H-pyrrole nitrogens is 1. The molecule has 2 N–H and O–H groups in total. The molecule has 1 aliphatic carbocycles. The number of carbonyl (C=O) groups excluding carboxylic acids is 1. The number of aromatic amines is 1. The van der Waals surface area contributed by atoms with Crippen molar-refractivity contribution in [2.75, 3.05) is 13.7 Å². The van der Waals surface area contributed by atoms with Crippen molar-refractivity contribution in [3.05, 3.63) is 64.6 Å². The van der Waals surface area contributed by atoms with Crippen LogP contribution in [-0.2, 0) is 11.2 Å². The molecular weight excluding hydrogens is 367 g/mol. The molecule has 0 aliphatic heterocycles. The lowest BCUT2D eigenvalue weighted by Crippen LogP contribution is -2.27. The van der Waals surface area contributed by atoms with Crippen molar-refractivity contribution >= 4 is 28.4 Å². The maximum atomic E-state index is 13.5. The Labute approximate surface area is 161 Å². The summed E-state index contributed by atoms with van der Waals surface area (Å²) in [6, 6.07) is 10.9. The SMILES string of the molecule is COc1ccccc1[C@@H]1C[C@H]1C(=O)NCCc1c[nH]c2cc(F)c(Cl)cc12. The number of hydrogen-bond acceptors (Lipinski definition) is 2. The monoisotopic (exact) mass is 386 g/mol. The number of rotatable bonds is 6. The molecule has 1 fully saturated rings. The van der Waals surface area contributed by atoms with E-state index in [-0.39, 0.29) is 22.8 Å². The highest BCUT2D eigenvalue weighted by atomic mass is 35.5. The highest BCUT2D eigenvalue weighted by molar-refractivity contribution is 6.31. The molecule has 1 aliphatic rings. The molecule has 1 aromatic heterocycles. The van der Waals surface area contributed by atoms with Gasteiger partial charge in [-0.3, -0.25) is 4.79 Å². The number of hydrogen-bond donors (Lipinski definition) is 2. The first-order valence-electron chi connectivity index (χ1n) is 8.94. The van der Waals surface area contributed by atoms with Crippen molar-refractivity contribution in [1.82, 2.24) is 10.3 Å². The van der Waals surface area contributed by atoms with Crippen molar-refractivity contribution in [3.8, 4) is 5.75 Å². The fourth-order valence-corrected chi connectivity index (χ4v) is 3.80. The summed E-state index contributed by atoms with van der Waals surface area (Å²) in [6.45, 7) is 0.524. The topological polar surface area (TPSA) is 54.1 Å². The van der Waals surface area contributed by atoms with E-state index in [2.05, 4.69) is 10.3 Å². The number of methoxy groups -OCH3 is 1. The largest absolute Gasteiger partial charge is 0.496 e. The number of nitrogens with one attached hydrogen (secondary N) is 2. The van der Waals surface area contributed by atoms with Crippen molar-refractivity contribution in [1.29, 1.82) is 0 Å². The van der Waals surface area contributed by atoms with E-state index in [0.717, 1.165) is 28.7 Å². The van der Waals surface area contributed by atoms with Gasteiger partial charge >= 0.3 is 0 Å². The zero-order valence-corrected chi connectivity index (χ0v) is 15.6. The van der Waals surface area contributed by atoms with Crippen molar-refractivity contribution in [2.24, 2.45) is 5.92 Å². The highest BCUT2D eigenvalue weighted by Crippen LogP contribution is 2.50. The standard InChI is InChI=1S/C21H20ClFN2O2/c1-27-20-5-3-2-4-13(20)15-8-16(15)21(26)24-7-6-12-11-25-19-10-18(23)17(22)9-14(12)19/h2-5,9-11,15-16,25H,6-8H2,1H3,(H,24,26)/t15-,16+/m0/s1. The van der Waals surface area contributed by atoms with Gasteiger partial charge in [0, 0.05) is 29.6 Å². The average Bonchev–Trinajstić information content (AvgIpc) is 3.39. The van der Waals surface area contributed by atoms with E-state index in [9.17, 15) is 9.18 Å². The first-order chi connectivity index (χ1) is 13.1. The first kappa shape index (κ1) is 17.9. The van der Waals surface area contributed by atoms with Gasteiger partial charge in [0.05, 0.1) is 12.1 Å². The lowest BCUT2D eigenvalue weighted by molar-refractivity contribution is -0.122. The van der Waals surface area contributed by atoms with E-state index >= 15 is 0 Å². The van der Waals surface area contributed by atoms with Crippen molar-refractivity contribution in [3.63, 3.8) is 0 Å². The predicted octanol–water partition coefficient (Wildman–Crippen LogP) is 4.43. The van der Waals surface area contributed by atoms with Crippen molar-refractivity contribution < 1.29 is 13.9 Å². The van der Waals surface area contributed by atoms with Crippen LogP contribution in [0.2, 0.25) is 5.02 Å². The van der Waals surface area contributed by atoms with Crippen LogP contribution in [0.1, 0.15) is 23.5 Å². The third-order valence-electron chi connectivity index (χ3n) is 5.17. The summed E-state index contributed by atoms with van der Waals surface area (Å²) in [4.78, 5) is 15.5. The van der Waals surface area contributed by atoms with Crippen LogP contribution in [0, 0.1) is 11.7 Å². The van der Waals surface area contributed by atoms with Gasteiger partial charge in [0.15, 0.2) is 0 Å². The Bertz CT molecular complexity index is 1000. The lowest BCUT2D eigenvalue weighted by Gasteiger charge is -2.08. The van der Waals surface area contributed by atoms with Gasteiger partial charge in [-0.15, -0.1) is 0 Å². The molecule has 3 aromatic rings. The summed E-state index contributed by atoms with van der Waals surface area (Å²) >= 11 is 5.88. The highest BCUT2D eigenvalue weighted by Gasteiger charge is 2.45. The second-order valence-electron chi connectivity index (χ2n) is 6.86. The summed E-state index contributed by atoms with van der Waals surface area (Å²) in [6.07, 6.45) is 3.33. The zero-order chi connectivity index (χ0) is 19.0. The van der Waals surface area contributed by atoms with Gasteiger partial charge < -0.3 is 15.0 Å². The second kappa shape index (κ2) is 7.24. The zero-order valence-electron chi connectivity index (χ0n) is 14.9. The third-order valence-corrected chi connectivity index (χ3v) is 5.46. The number of amides is 1. The van der Waals surface area contributed by atoms with Gasteiger partial charge in [0.25, 0.3) is 0 Å². The van der Waals surface area contributed by atoms with E-state index < -0.39 is 5.82 Å². The number of halogens is 2. The van der Waals surface area contributed by atoms with Crippen molar-refractivity contribution in [2.45, 2.75) is 18.8 Å². The van der Waals surface area contributed by atoms with Crippen LogP contribution in [0.25, 0.3) is 10.9 Å². The molecule has 0 unspecified atom stereocenters. The molecule has 1 heterocycles. The van der Waals surface area contributed by atoms with Crippen LogP contribution < -0.4 is 10.1 Å². The number of fused-ring (bicyclic) bond motifs is 1. The van der Waals surface area contributed by atoms with Crippen LogP contribution in [0.5, 0.6) is 5.75 Å². The van der Waals surface area contributed by atoms with Crippen LogP contribution in [0.15, 0.2) is 42.6 Å². The fraction of sp³-hybridized carbons (Fsp3) is 0.286. The second-order valence-corrected chi connectivity index (χ2v) is 7.26. The summed E-state index contributed by atoms with van der Waals surface area (Å²) in [5, 5.41) is 4.00. The van der Waals surface area contributed by atoms with E-state index in [1.165, 1.54) is 6.07 Å². The first-order valence-corrected chi connectivity index (χ1v) is 9.32. The van der Waals surface area contributed by atoms with E-state index in [4.69, 9.17) is 16.3 Å². The van der Waals surface area contributed by atoms with Crippen LogP contribution >= 0.6 is 11.6 Å². The summed E-state index contributed by atoms with van der Waals surface area (Å²) < 4.78 is 18.9. The number of carbonyl (C=O) groups is 1. The minimum absolute atomic E-state index is 0.00666. The molecule has 0 spiro atoms. The average molecular weight is 387 g/mol. The summed E-state index contributed by atoms with van der Waals surface area (Å²) in [5.74, 6) is 0.668. The quantitative estimate of drug-likeness (QED) is 0.658.